The molecule has 1 saturated carbocycles. The molecule has 0 aromatic rings. The largest absolute Gasteiger partial charge is 0.456 e. The maximum atomic E-state index is 12.8. The van der Waals surface area contributed by atoms with Crippen LogP contribution in [-0.2, 0) is 9.53 Å². The number of carbonyl (C=O) groups excluding carboxylic acids is 1. The summed E-state index contributed by atoms with van der Waals surface area (Å²) in [6.07, 6.45) is 5.16. The number of nitrogens with one attached hydrogen (secondary N) is 1. The number of rotatable bonds is 5. The monoisotopic (exact) mass is 247 g/mol. The molecule has 1 unspecified atom stereocenters. The Balaban J connectivity index is 1.58. The van der Waals surface area contributed by atoms with Gasteiger partial charge in [0.2, 0.25) is 0 Å². The minimum atomic E-state index is -3.28. The van der Waals surface area contributed by atoms with Crippen LogP contribution in [0.5, 0.6) is 0 Å². The van der Waals surface area contributed by atoms with Crippen LogP contribution in [0.4, 0.5) is 8.78 Å². The van der Waals surface area contributed by atoms with Gasteiger partial charge in [-0.15, -0.1) is 0 Å². The molecule has 0 bridgehead atoms. The third-order valence-corrected chi connectivity index (χ3v) is 3.63. The maximum absolute atomic E-state index is 12.8. The van der Waals surface area contributed by atoms with Crippen molar-refractivity contribution in [2.75, 3.05) is 13.1 Å². The lowest BCUT2D eigenvalue weighted by atomic mass is 10.0. The standard InChI is InChI=1S/C12H19F2NO2/c13-12(14)7-10(17-11(12)16)8-15-6-5-9-3-1-2-4-9/h9-10,15H,1-8H2. The third-order valence-electron chi connectivity index (χ3n) is 3.63. The van der Waals surface area contributed by atoms with Gasteiger partial charge in [-0.1, -0.05) is 25.7 Å². The van der Waals surface area contributed by atoms with E-state index < -0.39 is 24.4 Å². The van der Waals surface area contributed by atoms with E-state index >= 15 is 0 Å². The van der Waals surface area contributed by atoms with E-state index in [4.69, 9.17) is 0 Å². The molecule has 17 heavy (non-hydrogen) atoms. The Morgan fingerprint density at radius 1 is 1.35 bits per heavy atom. The van der Waals surface area contributed by atoms with Gasteiger partial charge in [0.1, 0.15) is 6.10 Å². The molecule has 0 aromatic heterocycles. The molecule has 3 nitrogen and oxygen atoms in total. The summed E-state index contributed by atoms with van der Waals surface area (Å²) in [6, 6.07) is 0. The second kappa shape index (κ2) is 5.29. The van der Waals surface area contributed by atoms with Crippen LogP contribution in [0.1, 0.15) is 38.5 Å². The van der Waals surface area contributed by atoms with Crippen LogP contribution in [0, 0.1) is 5.92 Å². The van der Waals surface area contributed by atoms with Gasteiger partial charge in [0.15, 0.2) is 0 Å². The summed E-state index contributed by atoms with van der Waals surface area (Å²) in [7, 11) is 0. The normalized spacial score (nSPS) is 28.6. The van der Waals surface area contributed by atoms with Crippen molar-refractivity contribution in [2.24, 2.45) is 5.92 Å². The van der Waals surface area contributed by atoms with E-state index in [1.165, 1.54) is 25.7 Å². The van der Waals surface area contributed by atoms with Crippen LogP contribution in [0.2, 0.25) is 0 Å². The SMILES string of the molecule is O=C1OC(CNCCC2CCCC2)CC1(F)F. The number of esters is 1. The number of hydrogen-bond acceptors (Lipinski definition) is 3. The van der Waals surface area contributed by atoms with Crippen LogP contribution in [0.15, 0.2) is 0 Å². The van der Waals surface area contributed by atoms with Crippen molar-refractivity contribution in [1.29, 1.82) is 0 Å². The number of cyclic esters (lactones) is 1. The van der Waals surface area contributed by atoms with Crippen LogP contribution in [0.3, 0.4) is 0 Å². The smallest absolute Gasteiger partial charge is 0.377 e. The molecule has 98 valence electrons. The van der Waals surface area contributed by atoms with Gasteiger partial charge in [-0.2, -0.15) is 8.78 Å². The number of alkyl halides is 2. The highest BCUT2D eigenvalue weighted by atomic mass is 19.3. The summed E-state index contributed by atoms with van der Waals surface area (Å²) in [5.74, 6) is -3.87. The molecule has 0 aromatic carbocycles. The Kier molecular flexibility index (Phi) is 3.97. The molecular weight excluding hydrogens is 228 g/mol. The summed E-state index contributed by atoms with van der Waals surface area (Å²) < 4.78 is 30.3. The molecule has 0 radical (unpaired) electrons. The first-order chi connectivity index (χ1) is 8.08. The fraction of sp³-hybridized carbons (Fsp3) is 0.917. The first-order valence-corrected chi connectivity index (χ1v) is 6.37. The van der Waals surface area contributed by atoms with E-state index in [1.54, 1.807) is 0 Å². The molecule has 1 aliphatic heterocycles. The molecule has 0 amide bonds. The van der Waals surface area contributed by atoms with Gasteiger partial charge in [0, 0.05) is 6.54 Å². The van der Waals surface area contributed by atoms with Crippen molar-refractivity contribution in [1.82, 2.24) is 5.32 Å². The van der Waals surface area contributed by atoms with Crippen LogP contribution in [-0.4, -0.2) is 31.1 Å². The van der Waals surface area contributed by atoms with Crippen molar-refractivity contribution in [3.63, 3.8) is 0 Å². The van der Waals surface area contributed by atoms with Crippen molar-refractivity contribution >= 4 is 5.97 Å². The minimum Gasteiger partial charge on any atom is -0.456 e. The highest BCUT2D eigenvalue weighted by Gasteiger charge is 2.50. The predicted octanol–water partition coefficient (Wildman–Crippen LogP) is 2.11. The Labute approximate surface area is 99.9 Å². The Hall–Kier alpha value is -0.710. The number of halogens is 2. The first kappa shape index (κ1) is 12.7. The zero-order valence-electron chi connectivity index (χ0n) is 9.88. The van der Waals surface area contributed by atoms with Gasteiger partial charge in [0.25, 0.3) is 0 Å². The van der Waals surface area contributed by atoms with Gasteiger partial charge in [-0.3, -0.25) is 0 Å². The molecule has 5 heteroatoms. The summed E-state index contributed by atoms with van der Waals surface area (Å²) in [4.78, 5) is 10.7. The molecule has 1 heterocycles. The number of ether oxygens (including phenoxy) is 1. The van der Waals surface area contributed by atoms with E-state index in [9.17, 15) is 13.6 Å². The quantitative estimate of drug-likeness (QED) is 0.597. The van der Waals surface area contributed by atoms with E-state index in [0.29, 0.717) is 6.54 Å². The summed E-state index contributed by atoms with van der Waals surface area (Å²) in [5, 5.41) is 3.10. The number of carbonyl (C=O) groups is 1. The zero-order chi connectivity index (χ0) is 12.3. The van der Waals surface area contributed by atoms with Gasteiger partial charge in [-0.05, 0) is 18.9 Å². The fourth-order valence-electron chi connectivity index (χ4n) is 2.63. The average molecular weight is 247 g/mol. The Morgan fingerprint density at radius 2 is 2.06 bits per heavy atom. The second-order valence-electron chi connectivity index (χ2n) is 5.08. The maximum Gasteiger partial charge on any atom is 0.377 e. The molecule has 2 fully saturated rings. The van der Waals surface area contributed by atoms with E-state index in [-0.39, 0.29) is 0 Å². The topological polar surface area (TPSA) is 38.3 Å². The molecule has 2 aliphatic rings. The second-order valence-corrected chi connectivity index (χ2v) is 5.08. The van der Waals surface area contributed by atoms with Gasteiger partial charge >= 0.3 is 11.9 Å². The molecule has 0 spiro atoms. The molecule has 1 atom stereocenters. The van der Waals surface area contributed by atoms with E-state index in [1.807, 2.05) is 0 Å². The van der Waals surface area contributed by atoms with Crippen LogP contribution in [0.25, 0.3) is 0 Å². The summed E-state index contributed by atoms with van der Waals surface area (Å²) >= 11 is 0. The first-order valence-electron chi connectivity index (χ1n) is 6.37. The van der Waals surface area contributed by atoms with Crippen molar-refractivity contribution in [3.8, 4) is 0 Å². The molecule has 1 aliphatic carbocycles. The fourth-order valence-corrected chi connectivity index (χ4v) is 2.63. The predicted molar refractivity (Wildman–Crippen MR) is 58.9 cm³/mol. The van der Waals surface area contributed by atoms with E-state index in [2.05, 4.69) is 10.1 Å². The van der Waals surface area contributed by atoms with Crippen molar-refractivity contribution in [3.05, 3.63) is 0 Å². The molecule has 1 saturated heterocycles. The minimum absolute atomic E-state index is 0.341. The Morgan fingerprint density at radius 3 is 2.65 bits per heavy atom. The highest BCUT2D eigenvalue weighted by molar-refractivity contribution is 5.79. The lowest BCUT2D eigenvalue weighted by Crippen LogP contribution is -2.28. The summed E-state index contributed by atoms with van der Waals surface area (Å²) in [5.41, 5.74) is 0. The molecule has 2 rings (SSSR count). The van der Waals surface area contributed by atoms with Gasteiger partial charge < -0.3 is 10.1 Å². The zero-order valence-corrected chi connectivity index (χ0v) is 9.88. The van der Waals surface area contributed by atoms with Gasteiger partial charge in [0.05, 0.1) is 6.42 Å². The molecular formula is C12H19F2NO2. The van der Waals surface area contributed by atoms with Crippen LogP contribution < -0.4 is 5.32 Å². The highest BCUT2D eigenvalue weighted by Crippen LogP contribution is 2.30. The third kappa shape index (κ3) is 3.37. The van der Waals surface area contributed by atoms with Crippen LogP contribution >= 0.6 is 0 Å². The lowest BCUT2D eigenvalue weighted by Gasteiger charge is -2.12. The Bertz CT molecular complexity index is 278. The average Bonchev–Trinajstić information content (AvgIpc) is 2.83. The summed E-state index contributed by atoms with van der Waals surface area (Å²) in [6.45, 7) is 1.17. The molecule has 1 N–H and O–H groups in total. The van der Waals surface area contributed by atoms with Crippen molar-refractivity contribution in [2.45, 2.75) is 50.6 Å². The lowest BCUT2D eigenvalue weighted by molar-refractivity contribution is -0.159. The number of hydrogen-bond donors (Lipinski definition) is 1. The van der Waals surface area contributed by atoms with Crippen molar-refractivity contribution < 1.29 is 18.3 Å². The van der Waals surface area contributed by atoms with E-state index in [0.717, 1.165) is 18.9 Å². The van der Waals surface area contributed by atoms with Gasteiger partial charge in [-0.25, -0.2) is 4.79 Å².